The van der Waals surface area contributed by atoms with Crippen molar-refractivity contribution in [2.75, 3.05) is 4.90 Å². The van der Waals surface area contributed by atoms with Gasteiger partial charge < -0.3 is 4.18 Å². The number of rotatable bonds is 6. The molecule has 1 aliphatic rings. The summed E-state index contributed by atoms with van der Waals surface area (Å²) in [5.41, 5.74) is 2.44. The van der Waals surface area contributed by atoms with Gasteiger partial charge in [-0.15, -0.1) is 0 Å². The molecule has 1 heterocycles. The molecule has 0 aliphatic carbocycles. The lowest BCUT2D eigenvalue weighted by atomic mass is 10.1. The van der Waals surface area contributed by atoms with Crippen LogP contribution in [0.1, 0.15) is 23.6 Å². The normalized spacial score (nSPS) is 15.2. The molecule has 1 saturated heterocycles. The molecule has 4 rings (SSSR count). The largest absolute Gasteiger partial charge is 0.378 e. The summed E-state index contributed by atoms with van der Waals surface area (Å²) >= 11 is 3.28. The minimum absolute atomic E-state index is 0.00685. The van der Waals surface area contributed by atoms with Crippen molar-refractivity contribution >= 4 is 55.7 Å². The molecule has 3 aromatic carbocycles. The van der Waals surface area contributed by atoms with E-state index < -0.39 is 28.0 Å². The molecule has 36 heavy (non-hydrogen) atoms. The van der Waals surface area contributed by atoms with E-state index in [0.717, 1.165) is 22.4 Å². The third kappa shape index (κ3) is 5.24. The van der Waals surface area contributed by atoms with Crippen LogP contribution in [0.5, 0.6) is 5.75 Å². The average molecular weight is 569 g/mol. The van der Waals surface area contributed by atoms with E-state index in [0.29, 0.717) is 15.7 Å². The van der Waals surface area contributed by atoms with Crippen molar-refractivity contribution in [1.82, 2.24) is 5.32 Å². The fourth-order valence-corrected chi connectivity index (χ4v) is 5.02. The number of hydrogen-bond acceptors (Lipinski definition) is 6. The number of aryl methyl sites for hydroxylation is 2. The maximum atomic E-state index is 13.1. The predicted octanol–water partition coefficient (Wildman–Crippen LogP) is 4.75. The molecule has 0 atom stereocenters. The Kier molecular flexibility index (Phi) is 7.09. The number of benzene rings is 3. The van der Waals surface area contributed by atoms with Gasteiger partial charge in [0.05, 0.1) is 10.2 Å². The van der Waals surface area contributed by atoms with Crippen LogP contribution in [0.15, 0.2) is 81.7 Å². The van der Waals surface area contributed by atoms with E-state index in [1.165, 1.54) is 36.4 Å². The number of nitrogens with one attached hydrogen (secondary N) is 1. The molecule has 0 spiro atoms. The van der Waals surface area contributed by atoms with E-state index >= 15 is 0 Å². The lowest BCUT2D eigenvalue weighted by molar-refractivity contribution is -0.122. The van der Waals surface area contributed by atoms with Crippen molar-refractivity contribution in [3.05, 3.63) is 93.5 Å². The maximum Gasteiger partial charge on any atom is 0.339 e. The Morgan fingerprint density at radius 2 is 1.64 bits per heavy atom. The van der Waals surface area contributed by atoms with E-state index in [1.54, 1.807) is 36.4 Å². The molecular formula is C26H21BrN2O6S. The molecule has 3 aromatic rings. The summed E-state index contributed by atoms with van der Waals surface area (Å²) in [6.07, 6.45) is 2.12. The van der Waals surface area contributed by atoms with E-state index in [1.807, 2.05) is 13.8 Å². The highest BCUT2D eigenvalue weighted by Crippen LogP contribution is 2.30. The Morgan fingerprint density at radius 3 is 2.25 bits per heavy atom. The average Bonchev–Trinajstić information content (AvgIpc) is 2.84. The van der Waals surface area contributed by atoms with Crippen molar-refractivity contribution in [1.29, 1.82) is 0 Å². The minimum atomic E-state index is -4.07. The summed E-state index contributed by atoms with van der Waals surface area (Å²) in [5, 5.41) is 2.18. The number of urea groups is 1. The molecule has 0 aromatic heterocycles. The molecule has 0 saturated carbocycles. The number of hydrogen-bond donors (Lipinski definition) is 1. The summed E-state index contributed by atoms with van der Waals surface area (Å²) in [4.78, 5) is 38.8. The number of amides is 4. The maximum absolute atomic E-state index is 13.1. The second-order valence-electron chi connectivity index (χ2n) is 8.02. The molecule has 10 heteroatoms. The van der Waals surface area contributed by atoms with Crippen LogP contribution in [0, 0.1) is 6.92 Å². The number of imide groups is 2. The van der Waals surface area contributed by atoms with Crippen molar-refractivity contribution in [2.45, 2.75) is 25.2 Å². The van der Waals surface area contributed by atoms with Gasteiger partial charge in [0.25, 0.3) is 11.8 Å². The highest BCUT2D eigenvalue weighted by atomic mass is 79.9. The highest BCUT2D eigenvalue weighted by molar-refractivity contribution is 9.10. The minimum Gasteiger partial charge on any atom is -0.378 e. The van der Waals surface area contributed by atoms with E-state index in [4.69, 9.17) is 4.18 Å². The van der Waals surface area contributed by atoms with Crippen LogP contribution in [-0.2, 0) is 26.1 Å². The first kappa shape index (κ1) is 25.3. The first-order valence-electron chi connectivity index (χ1n) is 10.9. The van der Waals surface area contributed by atoms with Crippen LogP contribution < -0.4 is 14.4 Å². The van der Waals surface area contributed by atoms with Crippen LogP contribution in [-0.4, -0.2) is 26.3 Å². The summed E-state index contributed by atoms with van der Waals surface area (Å²) < 4.78 is 30.8. The third-order valence-electron chi connectivity index (χ3n) is 5.48. The Hall–Kier alpha value is -3.76. The zero-order chi connectivity index (χ0) is 26.0. The monoisotopic (exact) mass is 568 g/mol. The summed E-state index contributed by atoms with van der Waals surface area (Å²) in [6.45, 7) is 3.83. The Labute approximate surface area is 216 Å². The standard InChI is InChI=1S/C26H21BrN2O6S/c1-3-17-6-9-19(10-7-17)29-25(31)21(24(30)28-26(29)32)14-18-8-13-23(22(27)15-18)35-36(33,34)20-11-4-16(2)5-12-20/h4-15H,3H2,1-2H3,(H,28,30,32)/b21-14+. The van der Waals surface area contributed by atoms with E-state index in [-0.39, 0.29) is 16.2 Å². The van der Waals surface area contributed by atoms with Crippen molar-refractivity contribution in [3.8, 4) is 5.75 Å². The van der Waals surface area contributed by atoms with Crippen molar-refractivity contribution in [2.24, 2.45) is 0 Å². The Bertz CT molecular complexity index is 1500. The molecule has 1 fully saturated rings. The van der Waals surface area contributed by atoms with Crippen LogP contribution in [0.3, 0.4) is 0 Å². The number of halogens is 1. The van der Waals surface area contributed by atoms with Gasteiger partial charge in [-0.1, -0.05) is 42.8 Å². The Morgan fingerprint density at radius 1 is 0.972 bits per heavy atom. The fraction of sp³-hybridized carbons (Fsp3) is 0.115. The summed E-state index contributed by atoms with van der Waals surface area (Å²) in [7, 11) is -4.07. The number of nitrogens with zero attached hydrogens (tertiary/aromatic N) is 1. The SMILES string of the molecule is CCc1ccc(N2C(=O)NC(=O)/C(=C\c3ccc(OS(=O)(=O)c4ccc(C)cc4)c(Br)c3)C2=O)cc1. The van der Waals surface area contributed by atoms with Gasteiger partial charge in [-0.05, 0) is 82.9 Å². The van der Waals surface area contributed by atoms with Gasteiger partial charge >= 0.3 is 16.1 Å². The zero-order valence-corrected chi connectivity index (χ0v) is 21.7. The second-order valence-corrected chi connectivity index (χ2v) is 10.4. The van der Waals surface area contributed by atoms with Gasteiger partial charge in [-0.2, -0.15) is 8.42 Å². The van der Waals surface area contributed by atoms with E-state index in [2.05, 4.69) is 21.2 Å². The van der Waals surface area contributed by atoms with Gasteiger partial charge in [-0.3, -0.25) is 14.9 Å². The van der Waals surface area contributed by atoms with Crippen LogP contribution in [0.4, 0.5) is 10.5 Å². The van der Waals surface area contributed by atoms with Gasteiger partial charge in [0.2, 0.25) is 0 Å². The number of barbiturate groups is 1. The van der Waals surface area contributed by atoms with Crippen molar-refractivity contribution < 1.29 is 27.0 Å². The third-order valence-corrected chi connectivity index (χ3v) is 7.35. The molecule has 0 unspecified atom stereocenters. The van der Waals surface area contributed by atoms with Crippen LogP contribution in [0.2, 0.25) is 0 Å². The number of carbonyl (C=O) groups is 3. The first-order chi connectivity index (χ1) is 17.1. The smallest absolute Gasteiger partial charge is 0.339 e. The molecule has 8 nitrogen and oxygen atoms in total. The molecule has 0 bridgehead atoms. The van der Waals surface area contributed by atoms with Crippen molar-refractivity contribution in [3.63, 3.8) is 0 Å². The zero-order valence-electron chi connectivity index (χ0n) is 19.3. The molecule has 1 N–H and O–H groups in total. The topological polar surface area (TPSA) is 110 Å². The van der Waals surface area contributed by atoms with Crippen LogP contribution in [0.25, 0.3) is 6.08 Å². The van der Waals surface area contributed by atoms with Gasteiger partial charge in [-0.25, -0.2) is 9.69 Å². The van der Waals surface area contributed by atoms with E-state index in [9.17, 15) is 22.8 Å². The molecule has 1 aliphatic heterocycles. The summed E-state index contributed by atoms with van der Waals surface area (Å²) in [6, 6.07) is 16.7. The fourth-order valence-electron chi connectivity index (χ4n) is 3.49. The molecule has 184 valence electrons. The molecule has 4 amide bonds. The number of anilines is 1. The molecule has 0 radical (unpaired) electrons. The van der Waals surface area contributed by atoms with Gasteiger partial charge in [0.15, 0.2) is 5.75 Å². The predicted molar refractivity (Wildman–Crippen MR) is 138 cm³/mol. The van der Waals surface area contributed by atoms with Gasteiger partial charge in [0, 0.05) is 0 Å². The van der Waals surface area contributed by atoms with Crippen LogP contribution >= 0.6 is 15.9 Å². The lowest BCUT2D eigenvalue weighted by Crippen LogP contribution is -2.54. The highest BCUT2D eigenvalue weighted by Gasteiger charge is 2.36. The first-order valence-corrected chi connectivity index (χ1v) is 13.1. The number of carbonyl (C=O) groups excluding carboxylic acids is 3. The van der Waals surface area contributed by atoms with Gasteiger partial charge in [0.1, 0.15) is 10.5 Å². The Balaban J connectivity index is 1.60. The second kappa shape index (κ2) is 10.1. The molecular weight excluding hydrogens is 548 g/mol. The summed E-state index contributed by atoms with van der Waals surface area (Å²) in [5.74, 6) is -1.57. The lowest BCUT2D eigenvalue weighted by Gasteiger charge is -2.26. The quantitative estimate of drug-likeness (QED) is 0.261.